The summed E-state index contributed by atoms with van der Waals surface area (Å²) >= 11 is -0.0953. The number of carbonyl (C=O) groups excluding carboxylic acids is 1. The van der Waals surface area contributed by atoms with Crippen LogP contribution in [-0.2, 0) is 11.7 Å². The number of hydrogen-bond donors (Lipinski definition) is 0. The van der Waals surface area contributed by atoms with Crippen molar-refractivity contribution in [3.05, 3.63) is 70.8 Å². The maximum absolute atomic E-state index is 12.1. The van der Waals surface area contributed by atoms with Gasteiger partial charge in [0.2, 0.25) is 0 Å². The van der Waals surface area contributed by atoms with Crippen LogP contribution in [0.1, 0.15) is 34.0 Å². The molecule has 0 saturated carbocycles. The second-order valence-corrected chi connectivity index (χ2v) is 6.42. The number of hydrogen-bond acceptors (Lipinski definition) is 2. The first-order chi connectivity index (χ1) is 9.72. The fourth-order valence-electron chi connectivity index (χ4n) is 1.78. The van der Waals surface area contributed by atoms with E-state index >= 15 is 0 Å². The molecule has 0 bridgehead atoms. The molecule has 0 spiro atoms. The molecule has 2 aromatic carbocycles. The molecule has 0 N–H and O–H groups in total. The Labute approximate surface area is 125 Å². The molecule has 0 aliphatic heterocycles. The number of carbonyl (C=O) groups is 1. The van der Waals surface area contributed by atoms with Gasteiger partial charge in [-0.3, -0.25) is 0 Å². The normalized spacial score (nSPS) is 10.0. The first kappa shape index (κ1) is 14.5. The molecule has 0 saturated heterocycles. The van der Waals surface area contributed by atoms with Crippen molar-refractivity contribution < 1.29 is 4.79 Å². The van der Waals surface area contributed by atoms with Gasteiger partial charge in [-0.15, -0.1) is 0 Å². The second-order valence-electron chi connectivity index (χ2n) is 4.44. The van der Waals surface area contributed by atoms with Crippen molar-refractivity contribution in [2.75, 3.05) is 0 Å². The molecule has 0 unspecified atom stereocenters. The molecular weight excluding hydrogens is 313 g/mol. The Balaban J connectivity index is 1.95. The molecule has 0 amide bonds. The fourth-order valence-corrected chi connectivity index (χ4v) is 3.45. The van der Waals surface area contributed by atoms with Gasteiger partial charge in [-0.25, -0.2) is 0 Å². The van der Waals surface area contributed by atoms with Crippen molar-refractivity contribution in [3.63, 3.8) is 0 Å². The fraction of sp³-hybridized carbons (Fsp3) is 0.176. The third kappa shape index (κ3) is 3.81. The summed E-state index contributed by atoms with van der Waals surface area (Å²) in [6.07, 6.45) is 1.04. The van der Waals surface area contributed by atoms with E-state index < -0.39 is 0 Å². The number of nitrogens with zero attached hydrogens (tertiary/aromatic N) is 1. The van der Waals surface area contributed by atoms with Crippen LogP contribution in [0.2, 0.25) is 0 Å². The molecule has 0 aliphatic carbocycles. The molecule has 2 aromatic rings. The van der Waals surface area contributed by atoms with Gasteiger partial charge >= 0.3 is 125 Å². The van der Waals surface area contributed by atoms with Crippen LogP contribution in [0, 0.1) is 11.3 Å². The van der Waals surface area contributed by atoms with E-state index in [4.69, 9.17) is 5.26 Å². The van der Waals surface area contributed by atoms with Gasteiger partial charge < -0.3 is 0 Å². The molecule has 0 heterocycles. The van der Waals surface area contributed by atoms with Crippen LogP contribution in [0.15, 0.2) is 48.5 Å². The number of aryl methyl sites for hydroxylation is 1. The predicted octanol–water partition coefficient (Wildman–Crippen LogP) is 3.17. The van der Waals surface area contributed by atoms with Crippen LogP contribution < -0.4 is 0 Å². The van der Waals surface area contributed by atoms with Gasteiger partial charge in [0.25, 0.3) is 0 Å². The number of benzene rings is 2. The van der Waals surface area contributed by atoms with E-state index in [1.165, 1.54) is 11.1 Å². The molecule has 0 fully saturated rings. The first-order valence-corrected chi connectivity index (χ1v) is 8.55. The van der Waals surface area contributed by atoms with E-state index in [-0.39, 0.29) is 19.6 Å². The topological polar surface area (TPSA) is 40.9 Å². The predicted molar refractivity (Wildman–Crippen MR) is 80.8 cm³/mol. The summed E-state index contributed by atoms with van der Waals surface area (Å²) in [4.78, 5) is 12.1. The van der Waals surface area contributed by atoms with E-state index in [0.29, 0.717) is 11.1 Å². The molecule has 3 heteroatoms. The minimum atomic E-state index is -0.0953. The molecule has 100 valence electrons. The molecule has 2 rings (SSSR count). The van der Waals surface area contributed by atoms with Gasteiger partial charge in [0.15, 0.2) is 0 Å². The first-order valence-electron chi connectivity index (χ1n) is 6.48. The zero-order chi connectivity index (χ0) is 14.4. The van der Waals surface area contributed by atoms with Crippen molar-refractivity contribution in [1.82, 2.24) is 0 Å². The molecule has 0 radical (unpaired) electrons. The quantitative estimate of drug-likeness (QED) is 0.791. The number of nitriles is 1. The molecule has 2 nitrogen and oxygen atoms in total. The van der Waals surface area contributed by atoms with E-state index in [9.17, 15) is 4.79 Å². The van der Waals surface area contributed by atoms with Gasteiger partial charge in [0, 0.05) is 0 Å². The van der Waals surface area contributed by atoms with Gasteiger partial charge in [-0.05, 0) is 0 Å². The molecule has 0 atom stereocenters. The number of rotatable bonds is 5. The van der Waals surface area contributed by atoms with Gasteiger partial charge in [-0.1, -0.05) is 0 Å². The van der Waals surface area contributed by atoms with Crippen molar-refractivity contribution in [2.45, 2.75) is 18.7 Å². The van der Waals surface area contributed by atoms with Crippen LogP contribution >= 0.6 is 0 Å². The maximum atomic E-state index is 12.1. The van der Waals surface area contributed by atoms with Crippen LogP contribution in [0.4, 0.5) is 0 Å². The summed E-state index contributed by atoms with van der Waals surface area (Å²) in [6, 6.07) is 17.4. The van der Waals surface area contributed by atoms with E-state index in [1.807, 2.05) is 0 Å². The molecule has 20 heavy (non-hydrogen) atoms. The molecular formula is C17H15NOSe. The van der Waals surface area contributed by atoms with Gasteiger partial charge in [-0.2, -0.15) is 0 Å². The van der Waals surface area contributed by atoms with Crippen molar-refractivity contribution in [3.8, 4) is 6.07 Å². The van der Waals surface area contributed by atoms with E-state index in [2.05, 4.69) is 37.3 Å². The van der Waals surface area contributed by atoms with E-state index in [1.54, 1.807) is 24.3 Å². The van der Waals surface area contributed by atoms with Crippen molar-refractivity contribution in [1.29, 1.82) is 5.26 Å². The Morgan fingerprint density at radius 3 is 2.20 bits per heavy atom. The monoisotopic (exact) mass is 329 g/mol. The summed E-state index contributed by atoms with van der Waals surface area (Å²) < 4.78 is 0.182. The summed E-state index contributed by atoms with van der Waals surface area (Å²) in [6.45, 7) is 2.13. The molecule has 0 aliphatic rings. The Morgan fingerprint density at radius 2 is 1.65 bits per heavy atom. The van der Waals surface area contributed by atoms with Gasteiger partial charge in [0.1, 0.15) is 0 Å². The Morgan fingerprint density at radius 1 is 1.05 bits per heavy atom. The average Bonchev–Trinajstić information content (AvgIpc) is 2.53. The Hall–Kier alpha value is -1.88. The third-order valence-corrected chi connectivity index (χ3v) is 5.10. The van der Waals surface area contributed by atoms with Gasteiger partial charge in [0.05, 0.1) is 0 Å². The van der Waals surface area contributed by atoms with Crippen LogP contribution in [0.3, 0.4) is 0 Å². The average molecular weight is 328 g/mol. The SMILES string of the molecule is CCc1ccc(C[Se]C(=O)c2ccc(C#N)cc2)cc1. The third-order valence-electron chi connectivity index (χ3n) is 3.05. The van der Waals surface area contributed by atoms with Crippen molar-refractivity contribution >= 4 is 19.6 Å². The molecule has 0 aromatic heterocycles. The van der Waals surface area contributed by atoms with E-state index in [0.717, 1.165) is 11.7 Å². The standard InChI is InChI=1S/C17H15NOSe/c1-2-13-3-5-15(6-4-13)12-20-17(19)16-9-7-14(11-18)8-10-16/h3-10H,2,12H2,1H3. The zero-order valence-corrected chi connectivity index (χ0v) is 13.0. The summed E-state index contributed by atoms with van der Waals surface area (Å²) in [5.74, 6) is 0. The van der Waals surface area contributed by atoms with Crippen LogP contribution in [-0.4, -0.2) is 19.6 Å². The summed E-state index contributed by atoms with van der Waals surface area (Å²) in [5, 5.41) is 9.55. The zero-order valence-electron chi connectivity index (χ0n) is 11.3. The Bertz CT molecular complexity index is 624. The minimum absolute atomic E-state index is 0.0953. The summed E-state index contributed by atoms with van der Waals surface area (Å²) in [5.41, 5.74) is 3.82. The van der Waals surface area contributed by atoms with Crippen molar-refractivity contribution in [2.24, 2.45) is 0 Å². The Kier molecular flexibility index (Phi) is 5.12. The van der Waals surface area contributed by atoms with Crippen LogP contribution in [0.5, 0.6) is 0 Å². The van der Waals surface area contributed by atoms with Crippen LogP contribution in [0.25, 0.3) is 0 Å². The summed E-state index contributed by atoms with van der Waals surface area (Å²) in [7, 11) is 0. The second kappa shape index (κ2) is 7.05.